The van der Waals surface area contributed by atoms with E-state index < -0.39 is 7.92 Å². The number of aromatic nitrogens is 3. The molecule has 3 heterocycles. The number of rotatable bonds is 9. The van der Waals surface area contributed by atoms with Crippen LogP contribution in [-0.4, -0.2) is 43.4 Å². The molecular formula is C39H47ClN3O4PRu+. The Bertz CT molecular complexity index is 1700. The van der Waals surface area contributed by atoms with Crippen LogP contribution in [0.15, 0.2) is 79.0 Å². The van der Waals surface area contributed by atoms with E-state index in [1.165, 1.54) is 32.9 Å². The summed E-state index contributed by atoms with van der Waals surface area (Å²) in [6.45, 7) is 14.6. The van der Waals surface area contributed by atoms with Crippen LogP contribution in [0, 0.1) is 42.0 Å². The summed E-state index contributed by atoms with van der Waals surface area (Å²) in [5.41, 5.74) is 7.67. The summed E-state index contributed by atoms with van der Waals surface area (Å²) in [4.78, 5) is 13.4. The molecule has 0 N–H and O–H groups in total. The second-order valence-electron chi connectivity index (χ2n) is 11.1. The maximum absolute atomic E-state index is 5.89. The van der Waals surface area contributed by atoms with Crippen LogP contribution in [0.2, 0.25) is 0 Å². The summed E-state index contributed by atoms with van der Waals surface area (Å²) in [6, 6.07) is 24.7. The van der Waals surface area contributed by atoms with E-state index in [9.17, 15) is 0 Å². The Morgan fingerprint density at radius 3 is 1.59 bits per heavy atom. The second kappa shape index (κ2) is 20.2. The van der Waals surface area contributed by atoms with Gasteiger partial charge in [-0.2, -0.15) is 9.97 Å². The number of hydrogen-bond donors (Lipinski definition) is 0. The fourth-order valence-electron chi connectivity index (χ4n) is 5.57. The number of nitrogens with zero attached hydrogens (tertiary/aromatic N) is 3. The Labute approximate surface area is 308 Å². The molecule has 2 aromatic carbocycles. The van der Waals surface area contributed by atoms with E-state index >= 15 is 0 Å². The van der Waals surface area contributed by atoms with Crippen molar-refractivity contribution in [3.8, 4) is 34.6 Å². The molecule has 0 amide bonds. The van der Waals surface area contributed by atoms with Crippen LogP contribution in [0.25, 0.3) is 11.1 Å². The van der Waals surface area contributed by atoms with E-state index in [1.807, 2.05) is 60.6 Å². The van der Waals surface area contributed by atoms with Crippen LogP contribution < -0.4 is 34.9 Å². The molecule has 5 rings (SSSR count). The summed E-state index contributed by atoms with van der Waals surface area (Å²) in [5.74, 6) is 2.16. The predicted octanol–water partition coefficient (Wildman–Crippen LogP) is 8.06. The zero-order chi connectivity index (χ0) is 35.4. The summed E-state index contributed by atoms with van der Waals surface area (Å²) >= 11 is 1.82. The van der Waals surface area contributed by atoms with Gasteiger partial charge >= 0.3 is 27.0 Å². The number of hydrogen-bond acceptors (Lipinski definition) is 7. The Hall–Kier alpha value is -3.57. The van der Waals surface area contributed by atoms with E-state index in [0.717, 1.165) is 22.1 Å². The van der Waals surface area contributed by atoms with Gasteiger partial charge in [0.05, 0.1) is 39.6 Å². The minimum absolute atomic E-state index is 0. The third-order valence-corrected chi connectivity index (χ3v) is 11.3. The normalized spacial score (nSPS) is 10.8. The van der Waals surface area contributed by atoms with E-state index in [-0.39, 0.29) is 7.43 Å². The monoisotopic (exact) mass is 789 g/mol. The quantitative estimate of drug-likeness (QED) is 0.0851. The van der Waals surface area contributed by atoms with Crippen molar-refractivity contribution in [1.82, 2.24) is 15.0 Å². The van der Waals surface area contributed by atoms with Crippen LogP contribution in [0.3, 0.4) is 0 Å². The van der Waals surface area contributed by atoms with Crippen molar-refractivity contribution in [1.29, 1.82) is 0 Å². The molecule has 261 valence electrons. The molecule has 0 aliphatic rings. The van der Waals surface area contributed by atoms with E-state index in [2.05, 4.69) is 95.7 Å². The number of halogens is 1. The minimum atomic E-state index is -1.59. The van der Waals surface area contributed by atoms with Gasteiger partial charge in [0.15, 0.2) is 0 Å². The summed E-state index contributed by atoms with van der Waals surface area (Å²) in [5, 5.41) is 3.76. The first-order chi connectivity index (χ1) is 23.1. The van der Waals surface area contributed by atoms with Gasteiger partial charge in [-0.25, -0.2) is 0 Å². The predicted molar refractivity (Wildman–Crippen MR) is 203 cm³/mol. The van der Waals surface area contributed by atoms with Crippen LogP contribution >= 0.6 is 17.6 Å². The summed E-state index contributed by atoms with van der Waals surface area (Å²) in [7, 11) is 9.43. The molecule has 1 atom stereocenters. The average molecular weight is 789 g/mol. The summed E-state index contributed by atoms with van der Waals surface area (Å²) < 4.78 is 22.7. The van der Waals surface area contributed by atoms with Crippen molar-refractivity contribution >= 4 is 33.5 Å². The molecule has 0 unspecified atom stereocenters. The van der Waals surface area contributed by atoms with Gasteiger partial charge in [0.25, 0.3) is 0 Å². The number of pyridine rings is 3. The average Bonchev–Trinajstić information content (AvgIpc) is 3.11. The molecule has 0 saturated carbocycles. The van der Waals surface area contributed by atoms with Gasteiger partial charge in [0, 0.05) is 24.0 Å². The van der Waals surface area contributed by atoms with Gasteiger partial charge in [0.1, 0.15) is 23.8 Å². The van der Waals surface area contributed by atoms with Crippen molar-refractivity contribution in [3.05, 3.63) is 121 Å². The Balaban J connectivity index is 0.000000597. The van der Waals surface area contributed by atoms with Crippen LogP contribution in [-0.2, 0) is 17.3 Å². The SMILES string of the molecule is COc1ccc(-c2c([PH+](c3c(C)cccc3C)c3c(C)cccc3C)cc(OC)nc2OC)c(OC)n1.[CH2-][C@@H](C)c1ccccn1.[CH3-].[Cl][Ru+2]. The zero-order valence-corrected chi connectivity index (χ0v) is 33.5. The maximum atomic E-state index is 5.89. The molecule has 0 bridgehead atoms. The van der Waals surface area contributed by atoms with Crippen molar-refractivity contribution in [2.45, 2.75) is 40.5 Å². The molecule has 10 heteroatoms. The molecule has 0 spiro atoms. The van der Waals surface area contributed by atoms with Gasteiger partial charge in [-0.3, -0.25) is 4.98 Å². The Kier molecular flexibility index (Phi) is 17.1. The third kappa shape index (κ3) is 10.0. The third-order valence-electron chi connectivity index (χ3n) is 7.80. The first-order valence-electron chi connectivity index (χ1n) is 15.2. The van der Waals surface area contributed by atoms with Crippen molar-refractivity contribution in [3.63, 3.8) is 0 Å². The van der Waals surface area contributed by atoms with Crippen molar-refractivity contribution in [2.24, 2.45) is 0 Å². The Morgan fingerprint density at radius 2 is 1.18 bits per heavy atom. The molecular weight excluding hydrogens is 742 g/mol. The molecule has 0 saturated heterocycles. The van der Waals surface area contributed by atoms with Crippen LogP contribution in [0.5, 0.6) is 23.5 Å². The molecule has 0 fully saturated rings. The number of benzene rings is 2. The first-order valence-corrected chi connectivity index (χ1v) is 19.0. The fourth-order valence-corrected chi connectivity index (χ4v) is 9.03. The standard InChI is InChI=1S/C30H33N2O4P.C8H10N.CH3.ClH.Ru/c1-18-11-9-12-19(2)27(18)37(28-20(3)13-10-14-21(28)4)23-17-25(34-6)32-30(36-8)26(23)22-15-16-24(33-5)31-29(22)35-7;1-7(2)8-5-3-4-6-9-8;;;/h9-17H,1-8H3;3-7H,1H2,2H3;1H3;1H;/q;2*-1;;+3/t;7-;;;/m.0.../s1. The Morgan fingerprint density at radius 1 is 0.673 bits per heavy atom. The second-order valence-corrected chi connectivity index (χ2v) is 13.4. The molecule has 0 radical (unpaired) electrons. The number of methoxy groups -OCH3 is 4. The molecule has 7 nitrogen and oxygen atoms in total. The molecule has 5 aromatic rings. The van der Waals surface area contributed by atoms with Gasteiger partial charge in [-0.15, -0.1) is 5.92 Å². The van der Waals surface area contributed by atoms with E-state index in [4.69, 9.17) is 18.9 Å². The zero-order valence-electron chi connectivity index (χ0n) is 30.0. The van der Waals surface area contributed by atoms with E-state index in [0.29, 0.717) is 29.4 Å². The summed E-state index contributed by atoms with van der Waals surface area (Å²) in [6.07, 6.45) is 1.79. The molecule has 3 aromatic heterocycles. The van der Waals surface area contributed by atoms with Crippen molar-refractivity contribution in [2.75, 3.05) is 28.4 Å². The topological polar surface area (TPSA) is 75.6 Å². The van der Waals surface area contributed by atoms with Crippen molar-refractivity contribution < 1.29 is 36.3 Å². The number of aryl methyl sites for hydroxylation is 4. The van der Waals surface area contributed by atoms with Gasteiger partial charge in [-0.05, 0) is 68.1 Å². The van der Waals surface area contributed by atoms with Crippen LogP contribution in [0.4, 0.5) is 0 Å². The van der Waals surface area contributed by atoms with Crippen LogP contribution in [0.1, 0.15) is 40.8 Å². The number of ether oxygens (including phenoxy) is 4. The fraction of sp³-hybridized carbons (Fsp3) is 0.256. The molecule has 49 heavy (non-hydrogen) atoms. The first kappa shape index (κ1) is 41.6. The molecule has 0 aliphatic carbocycles. The van der Waals surface area contributed by atoms with Gasteiger partial charge in [0.2, 0.25) is 23.5 Å². The molecule has 0 aliphatic heterocycles. The van der Waals surface area contributed by atoms with E-state index in [1.54, 1.807) is 34.6 Å². The van der Waals surface area contributed by atoms with Gasteiger partial charge < -0.3 is 33.3 Å². The van der Waals surface area contributed by atoms with Gasteiger partial charge in [-0.1, -0.05) is 49.4 Å².